The van der Waals surface area contributed by atoms with Crippen molar-refractivity contribution < 1.29 is 19.1 Å². The second-order valence-corrected chi connectivity index (χ2v) is 10.2. The van der Waals surface area contributed by atoms with Crippen molar-refractivity contribution in [1.29, 1.82) is 0 Å². The summed E-state index contributed by atoms with van der Waals surface area (Å²) in [5.41, 5.74) is 5.09. The Morgan fingerprint density at radius 2 is 1.16 bits per heavy atom. The maximum absolute atomic E-state index is 13.4. The Bertz CT molecular complexity index is 1400. The van der Waals surface area contributed by atoms with E-state index < -0.39 is 24.1 Å². The zero-order valence-corrected chi connectivity index (χ0v) is 22.2. The average molecular weight is 555 g/mol. The Hall–Kier alpha value is -3.70. The summed E-state index contributed by atoms with van der Waals surface area (Å²) >= 11 is 3.75. The molecule has 0 N–H and O–H groups in total. The summed E-state index contributed by atoms with van der Waals surface area (Å²) in [6.07, 6.45) is -1.45. The number of hydrogen-bond acceptors (Lipinski definition) is 4. The molecule has 0 bridgehead atoms. The van der Waals surface area contributed by atoms with Crippen molar-refractivity contribution in [2.45, 2.75) is 37.9 Å². The van der Waals surface area contributed by atoms with Gasteiger partial charge in [0.1, 0.15) is 6.10 Å². The minimum absolute atomic E-state index is 0.198. The number of halogens is 1. The molecule has 0 amide bonds. The number of fused-ring (bicyclic) bond motifs is 1. The molecule has 1 aliphatic rings. The van der Waals surface area contributed by atoms with Crippen molar-refractivity contribution in [3.63, 3.8) is 0 Å². The second kappa shape index (κ2) is 10.7. The fraction of sp³-hybridized carbons (Fsp3) is 0.188. The van der Waals surface area contributed by atoms with E-state index in [2.05, 4.69) is 28.1 Å². The van der Waals surface area contributed by atoms with Gasteiger partial charge in [0.25, 0.3) is 0 Å². The molecule has 4 aromatic rings. The molecule has 1 aliphatic carbocycles. The predicted molar refractivity (Wildman–Crippen MR) is 147 cm³/mol. The molecule has 0 saturated carbocycles. The molecule has 4 aromatic carbocycles. The van der Waals surface area contributed by atoms with E-state index in [4.69, 9.17) is 9.47 Å². The van der Waals surface area contributed by atoms with Gasteiger partial charge in [-0.25, -0.2) is 9.59 Å². The van der Waals surface area contributed by atoms with Gasteiger partial charge >= 0.3 is 11.9 Å². The lowest BCUT2D eigenvalue weighted by Gasteiger charge is -2.42. The summed E-state index contributed by atoms with van der Waals surface area (Å²) in [5, 5.41) is 0. The summed E-state index contributed by atoms with van der Waals surface area (Å²) in [6.45, 7) is 4.07. The molecule has 0 spiro atoms. The van der Waals surface area contributed by atoms with Crippen LogP contribution in [0.4, 0.5) is 0 Å². The van der Waals surface area contributed by atoms with E-state index in [1.54, 1.807) is 48.5 Å². The fourth-order valence-electron chi connectivity index (χ4n) is 5.23. The summed E-state index contributed by atoms with van der Waals surface area (Å²) in [7, 11) is 0. The van der Waals surface area contributed by atoms with Gasteiger partial charge in [0.05, 0.1) is 17.0 Å². The first-order chi connectivity index (χ1) is 18.0. The lowest BCUT2D eigenvalue weighted by Crippen LogP contribution is -2.47. The third-order valence-corrected chi connectivity index (χ3v) is 7.75. The Balaban J connectivity index is 1.65. The molecule has 5 rings (SSSR count). The van der Waals surface area contributed by atoms with Gasteiger partial charge in [0, 0.05) is 10.4 Å². The molecule has 0 fully saturated rings. The number of carbonyl (C=O) groups excluding carboxylic acids is 2. The van der Waals surface area contributed by atoms with Crippen LogP contribution in [0.1, 0.15) is 61.7 Å². The summed E-state index contributed by atoms with van der Waals surface area (Å²) in [6, 6.07) is 32.0. The van der Waals surface area contributed by atoms with Gasteiger partial charge in [-0.05, 0) is 59.5 Å². The maximum Gasteiger partial charge on any atom is 0.338 e. The Labute approximate surface area is 225 Å². The van der Waals surface area contributed by atoms with Crippen LogP contribution in [0.25, 0.3) is 0 Å². The van der Waals surface area contributed by atoms with Crippen LogP contribution in [0.15, 0.2) is 108 Å². The standard InChI is InChI=1S/C32H27BrO4/c1-20-12-11-19-26(33)27(20)28-25-18-10-9-17-24(25)21(2)29(36-31(34)22-13-5-3-6-14-22)30(28)37-32(35)23-15-7-4-8-16-23/h3-19,21,28-30H,1-2H3. The van der Waals surface area contributed by atoms with Crippen LogP contribution in [-0.2, 0) is 9.47 Å². The number of aryl methyl sites for hydroxylation is 1. The summed E-state index contributed by atoms with van der Waals surface area (Å²) < 4.78 is 13.4. The minimum atomic E-state index is -0.748. The van der Waals surface area contributed by atoms with Crippen molar-refractivity contribution in [3.05, 3.63) is 141 Å². The molecule has 0 heterocycles. The van der Waals surface area contributed by atoms with E-state index in [1.807, 2.05) is 56.3 Å². The molecule has 4 nitrogen and oxygen atoms in total. The van der Waals surface area contributed by atoms with E-state index in [0.717, 1.165) is 26.7 Å². The lowest BCUT2D eigenvalue weighted by atomic mass is 9.70. The number of carbonyl (C=O) groups is 2. The highest BCUT2D eigenvalue weighted by Crippen LogP contribution is 2.48. The largest absolute Gasteiger partial charge is 0.454 e. The molecule has 4 unspecified atom stereocenters. The van der Waals surface area contributed by atoms with Gasteiger partial charge in [0.2, 0.25) is 0 Å². The van der Waals surface area contributed by atoms with Crippen LogP contribution < -0.4 is 0 Å². The normalized spacial score (nSPS) is 20.5. The molecule has 37 heavy (non-hydrogen) atoms. The van der Waals surface area contributed by atoms with E-state index in [1.165, 1.54) is 0 Å². The third kappa shape index (κ3) is 4.96. The van der Waals surface area contributed by atoms with Gasteiger partial charge in [-0.2, -0.15) is 0 Å². The quantitative estimate of drug-likeness (QED) is 0.240. The van der Waals surface area contributed by atoms with Crippen LogP contribution in [-0.4, -0.2) is 24.1 Å². The Morgan fingerprint density at radius 1 is 0.649 bits per heavy atom. The van der Waals surface area contributed by atoms with E-state index in [9.17, 15) is 9.59 Å². The fourth-order valence-corrected chi connectivity index (χ4v) is 5.94. The van der Waals surface area contributed by atoms with Crippen molar-refractivity contribution in [3.8, 4) is 0 Å². The number of benzene rings is 4. The highest BCUT2D eigenvalue weighted by Gasteiger charge is 2.47. The van der Waals surface area contributed by atoms with Crippen LogP contribution >= 0.6 is 15.9 Å². The van der Waals surface area contributed by atoms with Crippen LogP contribution in [0.2, 0.25) is 0 Å². The molecule has 0 aromatic heterocycles. The Kier molecular flexibility index (Phi) is 7.24. The van der Waals surface area contributed by atoms with Gasteiger partial charge in [-0.15, -0.1) is 0 Å². The van der Waals surface area contributed by atoms with Gasteiger partial charge in [-0.1, -0.05) is 95.7 Å². The number of hydrogen-bond donors (Lipinski definition) is 0. The molecule has 0 aliphatic heterocycles. The van der Waals surface area contributed by atoms with Crippen LogP contribution in [0.3, 0.4) is 0 Å². The first-order valence-corrected chi connectivity index (χ1v) is 13.1. The van der Waals surface area contributed by atoms with Crippen molar-refractivity contribution in [2.75, 3.05) is 0 Å². The summed E-state index contributed by atoms with van der Waals surface area (Å²) in [5.74, 6) is -1.44. The minimum Gasteiger partial charge on any atom is -0.454 e. The molecule has 186 valence electrons. The molecule has 0 saturated heterocycles. The summed E-state index contributed by atoms with van der Waals surface area (Å²) in [4.78, 5) is 26.7. The van der Waals surface area contributed by atoms with E-state index in [-0.39, 0.29) is 11.8 Å². The predicted octanol–water partition coefficient (Wildman–Crippen LogP) is 7.46. The molecular weight excluding hydrogens is 528 g/mol. The van der Waals surface area contributed by atoms with Crippen LogP contribution in [0.5, 0.6) is 0 Å². The number of rotatable bonds is 5. The SMILES string of the molecule is Cc1cccc(Br)c1C1c2ccccc2C(C)C(OC(=O)c2ccccc2)C1OC(=O)c1ccccc1. The lowest BCUT2D eigenvalue weighted by molar-refractivity contribution is -0.0533. The first kappa shape index (κ1) is 25.0. The van der Waals surface area contributed by atoms with E-state index >= 15 is 0 Å². The van der Waals surface area contributed by atoms with Crippen molar-refractivity contribution in [2.24, 2.45) is 0 Å². The van der Waals surface area contributed by atoms with E-state index in [0.29, 0.717) is 11.1 Å². The molecule has 0 radical (unpaired) electrons. The van der Waals surface area contributed by atoms with Crippen LogP contribution in [0, 0.1) is 6.92 Å². The number of ether oxygens (including phenoxy) is 2. The van der Waals surface area contributed by atoms with Gasteiger partial charge < -0.3 is 9.47 Å². The molecule has 4 atom stereocenters. The zero-order valence-electron chi connectivity index (χ0n) is 20.6. The monoisotopic (exact) mass is 554 g/mol. The highest BCUT2D eigenvalue weighted by atomic mass is 79.9. The zero-order chi connectivity index (χ0) is 25.9. The Morgan fingerprint density at radius 3 is 1.73 bits per heavy atom. The average Bonchev–Trinajstić information content (AvgIpc) is 2.93. The van der Waals surface area contributed by atoms with Crippen molar-refractivity contribution in [1.82, 2.24) is 0 Å². The number of esters is 2. The van der Waals surface area contributed by atoms with Gasteiger partial charge in [0.15, 0.2) is 6.10 Å². The molecular formula is C32H27BrO4. The highest BCUT2D eigenvalue weighted by molar-refractivity contribution is 9.10. The maximum atomic E-state index is 13.4. The topological polar surface area (TPSA) is 52.6 Å². The van der Waals surface area contributed by atoms with Gasteiger partial charge in [-0.3, -0.25) is 0 Å². The third-order valence-electron chi connectivity index (χ3n) is 7.05. The molecule has 5 heteroatoms. The first-order valence-electron chi connectivity index (χ1n) is 12.3. The smallest absolute Gasteiger partial charge is 0.338 e. The second-order valence-electron chi connectivity index (χ2n) is 9.34. The van der Waals surface area contributed by atoms with Crippen molar-refractivity contribution >= 4 is 27.9 Å².